The minimum absolute atomic E-state index is 0.0833. The zero-order valence-corrected chi connectivity index (χ0v) is 9.83. The summed E-state index contributed by atoms with van der Waals surface area (Å²) in [5, 5.41) is 6.77. The fourth-order valence-corrected chi connectivity index (χ4v) is 1.88. The van der Waals surface area contributed by atoms with Crippen molar-refractivity contribution in [3.8, 4) is 0 Å². The molecule has 1 saturated carbocycles. The third-order valence-electron chi connectivity index (χ3n) is 3.11. The van der Waals surface area contributed by atoms with Crippen molar-refractivity contribution >= 4 is 5.91 Å². The van der Waals surface area contributed by atoms with Gasteiger partial charge in [-0.2, -0.15) is 0 Å². The van der Waals surface area contributed by atoms with E-state index in [0.29, 0.717) is 0 Å². The highest BCUT2D eigenvalue weighted by atomic mass is 16.5. The van der Waals surface area contributed by atoms with E-state index < -0.39 is 5.54 Å². The first-order chi connectivity index (χ1) is 7.44. The van der Waals surface area contributed by atoms with E-state index in [1.54, 1.807) is 0 Å². The third kappa shape index (κ3) is 1.82. The molecule has 0 spiro atoms. The number of nitrogens with zero attached hydrogens (tertiary/aromatic N) is 1. The number of aromatic nitrogens is 1. The van der Waals surface area contributed by atoms with Gasteiger partial charge in [0.1, 0.15) is 5.76 Å². The maximum atomic E-state index is 11.8. The molecule has 3 N–H and O–H groups in total. The van der Waals surface area contributed by atoms with Crippen LogP contribution >= 0.6 is 0 Å². The van der Waals surface area contributed by atoms with E-state index in [4.69, 9.17) is 10.3 Å². The van der Waals surface area contributed by atoms with Gasteiger partial charge >= 0.3 is 0 Å². The average molecular weight is 223 g/mol. The number of carbonyl (C=O) groups is 1. The first-order valence-electron chi connectivity index (χ1n) is 5.46. The molecule has 88 valence electrons. The van der Waals surface area contributed by atoms with Crippen molar-refractivity contribution in [2.45, 2.75) is 45.2 Å². The van der Waals surface area contributed by atoms with Crippen LogP contribution in [0.5, 0.6) is 0 Å². The first kappa shape index (κ1) is 11.1. The van der Waals surface area contributed by atoms with Gasteiger partial charge in [-0.15, -0.1) is 0 Å². The Morgan fingerprint density at radius 2 is 2.19 bits per heavy atom. The Morgan fingerprint density at radius 3 is 2.62 bits per heavy atom. The second-order valence-corrected chi connectivity index (χ2v) is 4.59. The van der Waals surface area contributed by atoms with Crippen molar-refractivity contribution in [3.05, 3.63) is 17.0 Å². The molecule has 16 heavy (non-hydrogen) atoms. The highest BCUT2D eigenvalue weighted by Gasteiger charge is 2.46. The van der Waals surface area contributed by atoms with Crippen LogP contribution in [0.4, 0.5) is 0 Å². The Bertz CT molecular complexity index is 401. The number of hydrogen-bond donors (Lipinski definition) is 2. The summed E-state index contributed by atoms with van der Waals surface area (Å²) in [6.07, 6.45) is 1.54. The molecule has 5 nitrogen and oxygen atoms in total. The molecule has 0 aliphatic heterocycles. The lowest BCUT2D eigenvalue weighted by molar-refractivity contribution is -0.123. The van der Waals surface area contributed by atoms with Crippen LogP contribution in [0.1, 0.15) is 42.8 Å². The van der Waals surface area contributed by atoms with E-state index in [2.05, 4.69) is 10.5 Å². The number of nitrogens with one attached hydrogen (secondary N) is 1. The van der Waals surface area contributed by atoms with Crippen LogP contribution < -0.4 is 11.1 Å². The Morgan fingerprint density at radius 1 is 1.56 bits per heavy atom. The van der Waals surface area contributed by atoms with Crippen molar-refractivity contribution in [2.24, 2.45) is 5.73 Å². The zero-order valence-electron chi connectivity index (χ0n) is 9.83. The molecule has 0 aromatic carbocycles. The van der Waals surface area contributed by atoms with E-state index in [1.807, 2.05) is 20.8 Å². The van der Waals surface area contributed by atoms with E-state index in [9.17, 15) is 4.79 Å². The second kappa shape index (κ2) is 3.59. The van der Waals surface area contributed by atoms with Crippen LogP contribution in [0.3, 0.4) is 0 Å². The number of hydrogen-bond acceptors (Lipinski definition) is 4. The lowest BCUT2D eigenvalue weighted by atomic mass is 10.1. The van der Waals surface area contributed by atoms with Gasteiger partial charge in [0.2, 0.25) is 5.91 Å². The van der Waals surface area contributed by atoms with Gasteiger partial charge in [-0.1, -0.05) is 5.16 Å². The Labute approximate surface area is 94.4 Å². The van der Waals surface area contributed by atoms with Crippen molar-refractivity contribution < 1.29 is 9.32 Å². The van der Waals surface area contributed by atoms with Crippen LogP contribution in [0.25, 0.3) is 0 Å². The Hall–Kier alpha value is -1.36. The number of carbonyl (C=O) groups excluding carboxylic acids is 1. The second-order valence-electron chi connectivity index (χ2n) is 4.59. The van der Waals surface area contributed by atoms with Gasteiger partial charge in [0.25, 0.3) is 0 Å². The molecule has 0 radical (unpaired) electrons. The van der Waals surface area contributed by atoms with E-state index in [0.717, 1.165) is 29.9 Å². The van der Waals surface area contributed by atoms with Crippen LogP contribution in [0.2, 0.25) is 0 Å². The number of rotatable bonds is 3. The average Bonchev–Trinajstić information content (AvgIpc) is 2.86. The van der Waals surface area contributed by atoms with Crippen LogP contribution in [0, 0.1) is 13.8 Å². The SMILES string of the molecule is Cc1noc(C)c1C(C)NC(=O)C1(N)CC1. The summed E-state index contributed by atoms with van der Waals surface area (Å²) in [6, 6.07) is -0.111. The van der Waals surface area contributed by atoms with Crippen LogP contribution in [-0.4, -0.2) is 16.6 Å². The molecule has 0 saturated heterocycles. The largest absolute Gasteiger partial charge is 0.361 e. The van der Waals surface area contributed by atoms with Gasteiger partial charge in [0, 0.05) is 5.56 Å². The molecule has 1 aromatic rings. The van der Waals surface area contributed by atoms with E-state index in [-0.39, 0.29) is 11.9 Å². The Balaban J connectivity index is 2.08. The maximum absolute atomic E-state index is 11.8. The third-order valence-corrected chi connectivity index (χ3v) is 3.11. The van der Waals surface area contributed by atoms with Gasteiger partial charge in [-0.3, -0.25) is 4.79 Å². The highest BCUT2D eigenvalue weighted by Crippen LogP contribution is 2.33. The number of aryl methyl sites for hydroxylation is 2. The van der Waals surface area contributed by atoms with Gasteiger partial charge in [-0.25, -0.2) is 0 Å². The van der Waals surface area contributed by atoms with Crippen LogP contribution in [-0.2, 0) is 4.79 Å². The highest BCUT2D eigenvalue weighted by molar-refractivity contribution is 5.89. The van der Waals surface area contributed by atoms with Crippen molar-refractivity contribution in [2.75, 3.05) is 0 Å². The minimum atomic E-state index is -0.632. The molecule has 2 rings (SSSR count). The van der Waals surface area contributed by atoms with Gasteiger partial charge in [-0.05, 0) is 33.6 Å². The topological polar surface area (TPSA) is 81.2 Å². The summed E-state index contributed by atoms with van der Waals surface area (Å²) in [7, 11) is 0. The summed E-state index contributed by atoms with van der Waals surface area (Å²) < 4.78 is 5.07. The first-order valence-corrected chi connectivity index (χ1v) is 5.46. The standard InChI is InChI=1S/C11H17N3O2/c1-6(9-7(2)14-16-8(9)3)13-10(15)11(12)4-5-11/h6H,4-5,12H2,1-3H3,(H,13,15). The summed E-state index contributed by atoms with van der Waals surface area (Å²) in [4.78, 5) is 11.8. The molecular formula is C11H17N3O2. The smallest absolute Gasteiger partial charge is 0.240 e. The van der Waals surface area contributed by atoms with Gasteiger partial charge < -0.3 is 15.6 Å². The summed E-state index contributed by atoms with van der Waals surface area (Å²) in [5.74, 6) is 0.659. The fourth-order valence-electron chi connectivity index (χ4n) is 1.88. The molecule has 1 aromatic heterocycles. The van der Waals surface area contributed by atoms with E-state index >= 15 is 0 Å². The van der Waals surface area contributed by atoms with Crippen LogP contribution in [0.15, 0.2) is 4.52 Å². The molecule has 1 fully saturated rings. The minimum Gasteiger partial charge on any atom is -0.361 e. The molecule has 1 aliphatic rings. The molecule has 1 heterocycles. The monoisotopic (exact) mass is 223 g/mol. The summed E-state index contributed by atoms with van der Waals surface area (Å²) in [5.41, 5.74) is 6.94. The lowest BCUT2D eigenvalue weighted by Gasteiger charge is -2.16. The number of amides is 1. The normalized spacial score (nSPS) is 19.2. The molecular weight excluding hydrogens is 206 g/mol. The molecule has 0 bridgehead atoms. The summed E-state index contributed by atoms with van der Waals surface area (Å²) >= 11 is 0. The van der Waals surface area contributed by atoms with Gasteiger partial charge in [0.05, 0.1) is 17.3 Å². The number of nitrogens with two attached hydrogens (primary N) is 1. The predicted molar refractivity (Wildman–Crippen MR) is 58.7 cm³/mol. The quantitative estimate of drug-likeness (QED) is 0.799. The molecule has 1 amide bonds. The van der Waals surface area contributed by atoms with Crippen molar-refractivity contribution in [1.29, 1.82) is 0 Å². The molecule has 5 heteroatoms. The Kier molecular flexibility index (Phi) is 2.50. The molecule has 1 atom stereocenters. The maximum Gasteiger partial charge on any atom is 0.240 e. The van der Waals surface area contributed by atoms with Crippen molar-refractivity contribution in [1.82, 2.24) is 10.5 Å². The van der Waals surface area contributed by atoms with Crippen molar-refractivity contribution in [3.63, 3.8) is 0 Å². The van der Waals surface area contributed by atoms with Gasteiger partial charge in [0.15, 0.2) is 0 Å². The lowest BCUT2D eigenvalue weighted by Crippen LogP contribution is -2.43. The predicted octanol–water partition coefficient (Wildman–Crippen LogP) is 0.960. The summed E-state index contributed by atoms with van der Waals surface area (Å²) in [6.45, 7) is 5.62. The molecule has 1 unspecified atom stereocenters. The van der Waals surface area contributed by atoms with E-state index in [1.165, 1.54) is 0 Å². The zero-order chi connectivity index (χ0) is 11.9. The molecule has 1 aliphatic carbocycles. The fraction of sp³-hybridized carbons (Fsp3) is 0.636.